The van der Waals surface area contributed by atoms with Gasteiger partial charge in [-0.05, 0) is 12.1 Å². The molecule has 0 aliphatic carbocycles. The van der Waals surface area contributed by atoms with E-state index in [1.165, 1.54) is 0 Å². The number of hydrogen-bond acceptors (Lipinski definition) is 5. The van der Waals surface area contributed by atoms with Crippen molar-refractivity contribution in [2.45, 2.75) is 6.04 Å². The van der Waals surface area contributed by atoms with Gasteiger partial charge in [0.25, 0.3) is 0 Å². The van der Waals surface area contributed by atoms with Crippen LogP contribution in [0.15, 0.2) is 18.2 Å². The van der Waals surface area contributed by atoms with Crippen LogP contribution in [-0.2, 0) is 9.53 Å². The molecule has 1 aromatic rings. The van der Waals surface area contributed by atoms with Crippen LogP contribution in [0.1, 0.15) is 0 Å². The summed E-state index contributed by atoms with van der Waals surface area (Å²) in [6, 6.07) is 5.06. The van der Waals surface area contributed by atoms with Gasteiger partial charge in [-0.2, -0.15) is 0 Å². The number of nitrogens with one attached hydrogen (secondary N) is 1. The van der Waals surface area contributed by atoms with Crippen LogP contribution in [0.25, 0.3) is 0 Å². The lowest BCUT2D eigenvalue weighted by Crippen LogP contribution is -2.53. The molecule has 0 spiro atoms. The van der Waals surface area contributed by atoms with E-state index in [-0.39, 0.29) is 11.9 Å². The third-order valence-electron chi connectivity index (χ3n) is 3.22. The van der Waals surface area contributed by atoms with Gasteiger partial charge in [0, 0.05) is 19.7 Å². The number of morpholine rings is 1. The highest BCUT2D eigenvalue weighted by Crippen LogP contribution is 2.30. The summed E-state index contributed by atoms with van der Waals surface area (Å²) < 4.78 is 10.6. The zero-order chi connectivity index (χ0) is 13.8. The Morgan fingerprint density at radius 1 is 1.58 bits per heavy atom. The molecule has 6 nitrogen and oxygen atoms in total. The van der Waals surface area contributed by atoms with E-state index in [2.05, 4.69) is 5.32 Å². The van der Waals surface area contributed by atoms with Gasteiger partial charge in [0.15, 0.2) is 0 Å². The fourth-order valence-electron chi connectivity index (χ4n) is 2.18. The van der Waals surface area contributed by atoms with Crippen LogP contribution in [0, 0.1) is 0 Å². The van der Waals surface area contributed by atoms with Gasteiger partial charge >= 0.3 is 0 Å². The number of methoxy groups -OCH3 is 1. The highest BCUT2D eigenvalue weighted by molar-refractivity contribution is 5.87. The molecule has 1 atom stereocenters. The van der Waals surface area contributed by atoms with Gasteiger partial charge in [-0.15, -0.1) is 0 Å². The number of nitrogens with zero attached hydrogens (tertiary/aromatic N) is 1. The number of carbonyl (C=O) groups excluding carboxylic acids is 1. The van der Waals surface area contributed by atoms with E-state index in [0.717, 1.165) is 5.69 Å². The fraction of sp³-hybridized carbons (Fsp3) is 0.462. The van der Waals surface area contributed by atoms with Gasteiger partial charge in [0.1, 0.15) is 11.8 Å². The molecule has 104 valence electrons. The zero-order valence-corrected chi connectivity index (χ0v) is 11.2. The molecule has 3 N–H and O–H groups in total. The summed E-state index contributed by atoms with van der Waals surface area (Å²) in [6.07, 6.45) is 0. The fourth-order valence-corrected chi connectivity index (χ4v) is 2.18. The Bertz CT molecular complexity index is 464. The number of ether oxygens (including phenoxy) is 2. The van der Waals surface area contributed by atoms with Crippen molar-refractivity contribution in [1.29, 1.82) is 0 Å². The summed E-state index contributed by atoms with van der Waals surface area (Å²) in [4.78, 5) is 13.9. The Labute approximate surface area is 112 Å². The summed E-state index contributed by atoms with van der Waals surface area (Å²) in [6.45, 7) is 1.55. The van der Waals surface area contributed by atoms with Crippen molar-refractivity contribution in [2.24, 2.45) is 0 Å². The van der Waals surface area contributed by atoms with Gasteiger partial charge in [-0.3, -0.25) is 4.79 Å². The molecule has 1 heterocycles. The number of nitrogen functional groups attached to an aromatic ring is 1. The van der Waals surface area contributed by atoms with Crippen LogP contribution in [0.4, 0.5) is 11.4 Å². The Morgan fingerprint density at radius 2 is 2.37 bits per heavy atom. The minimum Gasteiger partial charge on any atom is -0.497 e. The number of nitrogens with two attached hydrogens (primary N) is 1. The van der Waals surface area contributed by atoms with Crippen molar-refractivity contribution in [2.75, 3.05) is 44.5 Å². The number of hydrogen-bond donors (Lipinski definition) is 2. The normalized spacial score (nSPS) is 19.1. The van der Waals surface area contributed by atoms with Gasteiger partial charge in [-0.25, -0.2) is 0 Å². The molecule has 6 heteroatoms. The number of amides is 1. The second-order valence-corrected chi connectivity index (χ2v) is 4.32. The predicted molar refractivity (Wildman–Crippen MR) is 73.4 cm³/mol. The molecule has 2 rings (SSSR count). The van der Waals surface area contributed by atoms with E-state index in [1.807, 2.05) is 11.0 Å². The summed E-state index contributed by atoms with van der Waals surface area (Å²) >= 11 is 0. The number of rotatable bonds is 3. The largest absolute Gasteiger partial charge is 0.497 e. The molecule has 1 amide bonds. The van der Waals surface area contributed by atoms with E-state index in [4.69, 9.17) is 15.2 Å². The Hall–Kier alpha value is -1.95. The second kappa shape index (κ2) is 5.79. The van der Waals surface area contributed by atoms with Gasteiger partial charge in [0.05, 0.1) is 31.7 Å². The summed E-state index contributed by atoms with van der Waals surface area (Å²) in [5.74, 6) is 0.633. The molecule has 1 unspecified atom stereocenters. The number of likely N-dealkylation sites (N-methyl/N-ethyl adjacent to an activating group) is 1. The average molecular weight is 265 g/mol. The second-order valence-electron chi connectivity index (χ2n) is 4.32. The molecule has 0 aromatic heterocycles. The maximum Gasteiger partial charge on any atom is 0.244 e. The van der Waals surface area contributed by atoms with Crippen LogP contribution in [0.3, 0.4) is 0 Å². The van der Waals surface area contributed by atoms with Gasteiger partial charge < -0.3 is 25.4 Å². The molecule has 0 radical (unpaired) electrons. The zero-order valence-electron chi connectivity index (χ0n) is 11.2. The third-order valence-corrected chi connectivity index (χ3v) is 3.22. The lowest BCUT2D eigenvalue weighted by atomic mass is 10.1. The Balaban J connectivity index is 2.34. The van der Waals surface area contributed by atoms with E-state index in [9.17, 15) is 4.79 Å². The Morgan fingerprint density at radius 3 is 3.05 bits per heavy atom. The van der Waals surface area contributed by atoms with Crippen molar-refractivity contribution in [3.63, 3.8) is 0 Å². The van der Waals surface area contributed by atoms with Crippen LogP contribution in [0.5, 0.6) is 5.75 Å². The quantitative estimate of drug-likeness (QED) is 0.765. The summed E-state index contributed by atoms with van der Waals surface area (Å²) in [5, 5.41) is 2.65. The average Bonchev–Trinajstić information content (AvgIpc) is 2.47. The lowest BCUT2D eigenvalue weighted by Gasteiger charge is -2.36. The number of benzene rings is 1. The maximum absolute atomic E-state index is 11.9. The Kier molecular flexibility index (Phi) is 4.11. The molecule has 1 saturated heterocycles. The van der Waals surface area contributed by atoms with E-state index >= 15 is 0 Å². The highest BCUT2D eigenvalue weighted by atomic mass is 16.5. The first-order valence-corrected chi connectivity index (χ1v) is 6.17. The maximum atomic E-state index is 11.9. The van der Waals surface area contributed by atoms with Crippen molar-refractivity contribution in [3.8, 4) is 5.75 Å². The molecule has 19 heavy (non-hydrogen) atoms. The molecular formula is C13H19N3O3. The van der Waals surface area contributed by atoms with Crippen LogP contribution >= 0.6 is 0 Å². The third kappa shape index (κ3) is 2.73. The SMILES string of the molecule is CNC(=O)C1COCCN1c1cc(OC)ccc1N. The minimum atomic E-state index is -0.367. The first kappa shape index (κ1) is 13.5. The molecule has 1 aliphatic rings. The number of carbonyl (C=O) groups is 1. The first-order valence-electron chi connectivity index (χ1n) is 6.17. The molecular weight excluding hydrogens is 246 g/mol. The van der Waals surface area contributed by atoms with Gasteiger partial charge in [0.2, 0.25) is 5.91 Å². The minimum absolute atomic E-state index is 0.0816. The lowest BCUT2D eigenvalue weighted by molar-refractivity contribution is -0.124. The van der Waals surface area contributed by atoms with Gasteiger partial charge in [-0.1, -0.05) is 0 Å². The molecule has 1 aliphatic heterocycles. The molecule has 0 bridgehead atoms. The van der Waals surface area contributed by atoms with E-state index in [0.29, 0.717) is 31.2 Å². The number of anilines is 2. The van der Waals surface area contributed by atoms with Crippen molar-refractivity contribution in [3.05, 3.63) is 18.2 Å². The van der Waals surface area contributed by atoms with Crippen LogP contribution in [-0.4, -0.2) is 45.9 Å². The van der Waals surface area contributed by atoms with Crippen LogP contribution < -0.4 is 20.7 Å². The molecule has 0 saturated carbocycles. The summed E-state index contributed by atoms with van der Waals surface area (Å²) in [5.41, 5.74) is 7.43. The van der Waals surface area contributed by atoms with Crippen molar-refractivity contribution in [1.82, 2.24) is 5.32 Å². The van der Waals surface area contributed by atoms with Crippen LogP contribution in [0.2, 0.25) is 0 Å². The van der Waals surface area contributed by atoms with Crippen molar-refractivity contribution >= 4 is 17.3 Å². The van der Waals surface area contributed by atoms with E-state index < -0.39 is 0 Å². The first-order chi connectivity index (χ1) is 9.17. The molecule has 1 fully saturated rings. The van der Waals surface area contributed by atoms with Crippen molar-refractivity contribution < 1.29 is 14.3 Å². The predicted octanol–water partition coefficient (Wildman–Crippen LogP) is 0.229. The monoisotopic (exact) mass is 265 g/mol. The molecule has 1 aromatic carbocycles. The highest BCUT2D eigenvalue weighted by Gasteiger charge is 2.30. The standard InChI is InChI=1S/C13H19N3O3/c1-15-13(17)12-8-19-6-5-16(12)11-7-9(18-2)3-4-10(11)14/h3-4,7,12H,5-6,8,14H2,1-2H3,(H,15,17). The topological polar surface area (TPSA) is 76.8 Å². The van der Waals surface area contributed by atoms with E-state index in [1.54, 1.807) is 26.3 Å². The summed E-state index contributed by atoms with van der Waals surface area (Å²) in [7, 11) is 3.22. The smallest absolute Gasteiger partial charge is 0.244 e.